The number of terminal acetylenes is 1. The van der Waals surface area contributed by atoms with Crippen LogP contribution in [0.5, 0.6) is 0 Å². The van der Waals surface area contributed by atoms with Crippen molar-refractivity contribution >= 4 is 6.09 Å². The van der Waals surface area contributed by atoms with Gasteiger partial charge < -0.3 is 24.3 Å². The van der Waals surface area contributed by atoms with Gasteiger partial charge in [-0.1, -0.05) is 41.8 Å². The molecule has 1 fully saturated rings. The van der Waals surface area contributed by atoms with Gasteiger partial charge in [-0.2, -0.15) is 13.2 Å². The Bertz CT molecular complexity index is 1160. The van der Waals surface area contributed by atoms with Crippen molar-refractivity contribution in [1.29, 1.82) is 0 Å². The first kappa shape index (κ1) is 33.0. The molecular formula is C31H40F3NO5. The lowest BCUT2D eigenvalue weighted by atomic mass is 9.97. The fourth-order valence-electron chi connectivity index (χ4n) is 3.78. The Labute approximate surface area is 235 Å². The summed E-state index contributed by atoms with van der Waals surface area (Å²) in [6, 6.07) is 7.93. The van der Waals surface area contributed by atoms with Crippen molar-refractivity contribution in [1.82, 2.24) is 5.32 Å². The second kappa shape index (κ2) is 13.4. The standard InChI is InChI=1S/C31H40F3NO5/c1-9-24(15-16-30(20-38-29(7,8)39-21-30)35-27(36)40-28(4,5)6)19-26(31(32,33)34)23(3)37-17-11-14-25-13-10-12-22(2)18-25/h1,10,12-13,15-16,18-19H,11,14,17,20-21H2,2-8H3,(H,35,36)/b16-15+,24-19+,26-23-. The molecule has 9 heteroatoms. The molecule has 1 aromatic rings. The van der Waals surface area contributed by atoms with E-state index in [-0.39, 0.29) is 31.2 Å². The van der Waals surface area contributed by atoms with Gasteiger partial charge in [-0.3, -0.25) is 0 Å². The minimum Gasteiger partial charge on any atom is -0.498 e. The number of hydrogen-bond donors (Lipinski definition) is 1. The Morgan fingerprint density at radius 3 is 2.40 bits per heavy atom. The summed E-state index contributed by atoms with van der Waals surface area (Å²) in [6.45, 7) is 11.9. The lowest BCUT2D eigenvalue weighted by Gasteiger charge is -2.42. The molecule has 6 nitrogen and oxygen atoms in total. The van der Waals surface area contributed by atoms with Crippen LogP contribution in [0.3, 0.4) is 0 Å². The third kappa shape index (κ3) is 11.1. The number of aryl methyl sites for hydroxylation is 2. The monoisotopic (exact) mass is 563 g/mol. The summed E-state index contributed by atoms with van der Waals surface area (Å²) in [5.74, 6) is 1.09. The number of rotatable bonds is 9. The van der Waals surface area contributed by atoms with E-state index in [0.29, 0.717) is 12.8 Å². The molecule has 0 atom stereocenters. The highest BCUT2D eigenvalue weighted by atomic mass is 19.4. The molecule has 0 unspecified atom stereocenters. The molecule has 1 N–H and O–H groups in total. The smallest absolute Gasteiger partial charge is 0.419 e. The predicted molar refractivity (Wildman–Crippen MR) is 148 cm³/mol. The molecule has 2 rings (SSSR count). The predicted octanol–water partition coefficient (Wildman–Crippen LogP) is 6.94. The van der Waals surface area contributed by atoms with Gasteiger partial charge in [-0.25, -0.2) is 4.79 Å². The third-order valence-corrected chi connectivity index (χ3v) is 5.85. The summed E-state index contributed by atoms with van der Waals surface area (Å²) in [6.07, 6.45) is 4.99. The minimum absolute atomic E-state index is 0.0152. The Balaban J connectivity index is 2.25. The van der Waals surface area contributed by atoms with E-state index in [2.05, 4.69) is 11.2 Å². The van der Waals surface area contributed by atoms with E-state index in [9.17, 15) is 18.0 Å². The van der Waals surface area contributed by atoms with Gasteiger partial charge in [-0.15, -0.1) is 6.42 Å². The molecule has 1 aliphatic rings. The van der Waals surface area contributed by atoms with Crippen LogP contribution < -0.4 is 5.32 Å². The van der Waals surface area contributed by atoms with Crippen LogP contribution in [0.15, 0.2) is 59.4 Å². The summed E-state index contributed by atoms with van der Waals surface area (Å²) >= 11 is 0. The summed E-state index contributed by atoms with van der Waals surface area (Å²) in [5.41, 5.74) is -0.853. The SMILES string of the molecule is C#CC(=C\C(=C(/C)OCCCc1cccc(C)c1)C(F)(F)F)/C=C/C1(NC(=O)OC(C)(C)C)COC(C)(C)OC1. The Hall–Kier alpha value is -3.22. The number of ether oxygens (including phenoxy) is 4. The normalized spacial score (nSPS) is 18.1. The van der Waals surface area contributed by atoms with E-state index in [1.165, 1.54) is 19.1 Å². The fourth-order valence-corrected chi connectivity index (χ4v) is 3.78. The molecule has 1 heterocycles. The highest BCUT2D eigenvalue weighted by Gasteiger charge is 2.41. The number of alkyl halides is 3. The lowest BCUT2D eigenvalue weighted by Crippen LogP contribution is -2.60. The first-order valence-corrected chi connectivity index (χ1v) is 13.1. The average molecular weight is 564 g/mol. The van der Waals surface area contributed by atoms with Gasteiger partial charge in [0.1, 0.15) is 16.9 Å². The second-order valence-electron chi connectivity index (χ2n) is 11.2. The van der Waals surface area contributed by atoms with Gasteiger partial charge in [-0.05, 0) is 79.0 Å². The van der Waals surface area contributed by atoms with Gasteiger partial charge in [0, 0.05) is 5.57 Å². The van der Waals surface area contributed by atoms with E-state index in [4.69, 9.17) is 25.4 Å². The molecule has 0 spiro atoms. The van der Waals surface area contributed by atoms with Crippen LogP contribution >= 0.6 is 0 Å². The molecule has 1 saturated heterocycles. The Morgan fingerprint density at radius 2 is 1.85 bits per heavy atom. The summed E-state index contributed by atoms with van der Waals surface area (Å²) in [4.78, 5) is 12.5. The number of nitrogens with one attached hydrogen (secondary N) is 1. The van der Waals surface area contributed by atoms with E-state index >= 15 is 0 Å². The van der Waals surface area contributed by atoms with Gasteiger partial charge in [0.2, 0.25) is 0 Å². The number of carbonyl (C=O) groups excluding carboxylic acids is 1. The molecule has 0 radical (unpaired) electrons. The molecule has 1 amide bonds. The van der Waals surface area contributed by atoms with Crippen LogP contribution in [0.1, 0.15) is 59.1 Å². The highest BCUT2D eigenvalue weighted by Crippen LogP contribution is 2.31. The van der Waals surface area contributed by atoms with E-state index < -0.39 is 34.8 Å². The summed E-state index contributed by atoms with van der Waals surface area (Å²) < 4.78 is 64.2. The summed E-state index contributed by atoms with van der Waals surface area (Å²) in [5, 5.41) is 2.71. The van der Waals surface area contributed by atoms with E-state index in [0.717, 1.165) is 17.2 Å². The maximum absolute atomic E-state index is 14.0. The van der Waals surface area contributed by atoms with Gasteiger partial charge in [0.05, 0.1) is 25.4 Å². The van der Waals surface area contributed by atoms with Crippen LogP contribution in [0.25, 0.3) is 0 Å². The maximum atomic E-state index is 14.0. The molecule has 0 bridgehead atoms. The van der Waals surface area contributed by atoms with Crippen molar-refractivity contribution in [3.05, 3.63) is 70.5 Å². The zero-order valence-electron chi connectivity index (χ0n) is 24.3. The van der Waals surface area contributed by atoms with Crippen molar-refractivity contribution < 1.29 is 36.9 Å². The van der Waals surface area contributed by atoms with Crippen molar-refractivity contribution in [3.8, 4) is 12.3 Å². The quantitative estimate of drug-likeness (QED) is 0.153. The number of benzene rings is 1. The van der Waals surface area contributed by atoms with Crippen LogP contribution in [-0.4, -0.2) is 49.0 Å². The largest absolute Gasteiger partial charge is 0.498 e. The first-order chi connectivity index (χ1) is 18.4. The van der Waals surface area contributed by atoms with Crippen LogP contribution in [0.4, 0.5) is 18.0 Å². The molecule has 1 aromatic carbocycles. The van der Waals surface area contributed by atoms with Gasteiger partial charge >= 0.3 is 12.3 Å². The minimum atomic E-state index is -4.70. The molecule has 0 aromatic heterocycles. The molecule has 40 heavy (non-hydrogen) atoms. The average Bonchev–Trinajstić information content (AvgIpc) is 2.82. The Kier molecular flexibility index (Phi) is 11.1. The first-order valence-electron chi connectivity index (χ1n) is 13.1. The van der Waals surface area contributed by atoms with Crippen LogP contribution in [0.2, 0.25) is 0 Å². The zero-order chi connectivity index (χ0) is 30.2. The van der Waals surface area contributed by atoms with Crippen molar-refractivity contribution in [2.75, 3.05) is 19.8 Å². The molecule has 0 aliphatic carbocycles. The second-order valence-corrected chi connectivity index (χ2v) is 11.2. The molecular weight excluding hydrogens is 523 g/mol. The molecule has 0 saturated carbocycles. The Morgan fingerprint density at radius 1 is 1.20 bits per heavy atom. The number of amides is 1. The third-order valence-electron chi connectivity index (χ3n) is 5.85. The summed E-state index contributed by atoms with van der Waals surface area (Å²) in [7, 11) is 0. The number of alkyl carbamates (subject to hydrolysis) is 1. The number of halogens is 3. The van der Waals surface area contributed by atoms with Crippen molar-refractivity contribution in [2.45, 2.75) is 84.4 Å². The van der Waals surface area contributed by atoms with Crippen molar-refractivity contribution in [3.63, 3.8) is 0 Å². The molecule has 220 valence electrons. The molecule has 1 aliphatic heterocycles. The van der Waals surface area contributed by atoms with Crippen LogP contribution in [-0.2, 0) is 25.4 Å². The maximum Gasteiger partial charge on any atom is 0.419 e. The number of carbonyl (C=O) groups is 1. The topological polar surface area (TPSA) is 66.0 Å². The van der Waals surface area contributed by atoms with E-state index in [1.807, 2.05) is 31.2 Å². The van der Waals surface area contributed by atoms with Gasteiger partial charge in [0.25, 0.3) is 0 Å². The fraction of sp³-hybridized carbons (Fsp3) is 0.516. The van der Waals surface area contributed by atoms with E-state index in [1.54, 1.807) is 34.6 Å². The number of allylic oxidation sites excluding steroid dienone is 5. The van der Waals surface area contributed by atoms with Crippen LogP contribution in [0, 0.1) is 19.3 Å². The lowest BCUT2D eigenvalue weighted by molar-refractivity contribution is -0.263. The van der Waals surface area contributed by atoms with Gasteiger partial charge in [0.15, 0.2) is 5.79 Å². The number of hydrogen-bond acceptors (Lipinski definition) is 5. The zero-order valence-corrected chi connectivity index (χ0v) is 24.3. The van der Waals surface area contributed by atoms with Crippen molar-refractivity contribution in [2.24, 2.45) is 0 Å². The highest BCUT2D eigenvalue weighted by molar-refractivity contribution is 5.69.